The maximum absolute atomic E-state index is 11.8. The van der Waals surface area contributed by atoms with E-state index in [2.05, 4.69) is 10.9 Å². The first-order valence-electron chi connectivity index (χ1n) is 7.59. The molecule has 0 aliphatic carbocycles. The van der Waals surface area contributed by atoms with Crippen LogP contribution in [0.5, 0.6) is 5.75 Å². The first-order valence-corrected chi connectivity index (χ1v) is 7.97. The van der Waals surface area contributed by atoms with E-state index in [0.29, 0.717) is 23.6 Å². The molecule has 126 valence electrons. The molecule has 2 amide bonds. The molecule has 0 aliphatic rings. The van der Waals surface area contributed by atoms with Crippen LogP contribution < -0.4 is 15.6 Å². The molecule has 2 aromatic rings. The van der Waals surface area contributed by atoms with Crippen LogP contribution in [0.3, 0.4) is 0 Å². The summed E-state index contributed by atoms with van der Waals surface area (Å²) in [5, 5.41) is 0.661. The molecule has 5 nitrogen and oxygen atoms in total. The zero-order chi connectivity index (χ0) is 17.4. The van der Waals surface area contributed by atoms with Gasteiger partial charge in [0.2, 0.25) is 5.91 Å². The van der Waals surface area contributed by atoms with Crippen LogP contribution in [0.25, 0.3) is 0 Å². The van der Waals surface area contributed by atoms with Gasteiger partial charge in [-0.25, -0.2) is 0 Å². The van der Waals surface area contributed by atoms with Gasteiger partial charge in [0.25, 0.3) is 5.91 Å². The number of hydrogen-bond donors (Lipinski definition) is 2. The number of hydrazine groups is 1. The number of rotatable bonds is 6. The van der Waals surface area contributed by atoms with Gasteiger partial charge in [-0.15, -0.1) is 0 Å². The minimum Gasteiger partial charge on any atom is -0.493 e. The minimum absolute atomic E-state index is 0.252. The topological polar surface area (TPSA) is 67.4 Å². The molecule has 0 saturated carbocycles. The number of ether oxygens (including phenoxy) is 1. The van der Waals surface area contributed by atoms with Crippen molar-refractivity contribution in [1.82, 2.24) is 10.9 Å². The van der Waals surface area contributed by atoms with E-state index in [9.17, 15) is 9.59 Å². The molecular weight excluding hydrogens is 328 g/mol. The molecule has 24 heavy (non-hydrogen) atoms. The number of hydrogen-bond acceptors (Lipinski definition) is 3. The highest BCUT2D eigenvalue weighted by molar-refractivity contribution is 6.30. The number of carbonyl (C=O) groups excluding carboxylic acids is 2. The molecule has 0 spiro atoms. The van der Waals surface area contributed by atoms with Crippen LogP contribution in [0.1, 0.15) is 28.8 Å². The molecule has 0 radical (unpaired) electrons. The Morgan fingerprint density at radius 3 is 2.54 bits per heavy atom. The van der Waals surface area contributed by atoms with E-state index >= 15 is 0 Å². The van der Waals surface area contributed by atoms with Gasteiger partial charge in [0.15, 0.2) is 0 Å². The highest BCUT2D eigenvalue weighted by Crippen LogP contribution is 2.21. The monoisotopic (exact) mass is 346 g/mol. The molecule has 0 atom stereocenters. The van der Waals surface area contributed by atoms with Gasteiger partial charge in [-0.3, -0.25) is 20.4 Å². The number of nitrogens with one attached hydrogen (secondary N) is 2. The van der Waals surface area contributed by atoms with Crippen LogP contribution in [0.4, 0.5) is 0 Å². The van der Waals surface area contributed by atoms with Crippen LogP contribution in [0, 0.1) is 6.92 Å². The maximum atomic E-state index is 11.8. The van der Waals surface area contributed by atoms with Crippen LogP contribution in [0.2, 0.25) is 5.02 Å². The highest BCUT2D eigenvalue weighted by atomic mass is 35.5. The molecule has 0 aromatic heterocycles. The van der Waals surface area contributed by atoms with Crippen molar-refractivity contribution in [3.8, 4) is 5.75 Å². The normalized spacial score (nSPS) is 10.1. The van der Waals surface area contributed by atoms with Crippen molar-refractivity contribution in [2.75, 3.05) is 6.61 Å². The quantitative estimate of drug-likeness (QED) is 0.623. The zero-order valence-corrected chi connectivity index (χ0v) is 14.1. The van der Waals surface area contributed by atoms with Crippen molar-refractivity contribution in [2.45, 2.75) is 19.8 Å². The second-order valence-electron chi connectivity index (χ2n) is 5.23. The number of halogens is 1. The van der Waals surface area contributed by atoms with Crippen LogP contribution >= 0.6 is 11.6 Å². The molecule has 0 bridgehead atoms. The van der Waals surface area contributed by atoms with Gasteiger partial charge in [0, 0.05) is 17.0 Å². The van der Waals surface area contributed by atoms with Crippen molar-refractivity contribution in [3.63, 3.8) is 0 Å². The lowest BCUT2D eigenvalue weighted by atomic mass is 10.2. The fraction of sp³-hybridized carbons (Fsp3) is 0.222. The summed E-state index contributed by atoms with van der Waals surface area (Å²) in [4.78, 5) is 23.5. The zero-order valence-electron chi connectivity index (χ0n) is 13.3. The largest absolute Gasteiger partial charge is 0.493 e. The third kappa shape index (κ3) is 5.59. The summed E-state index contributed by atoms with van der Waals surface area (Å²) >= 11 is 5.88. The Morgan fingerprint density at radius 1 is 1.08 bits per heavy atom. The van der Waals surface area contributed by atoms with Crippen LogP contribution in [-0.2, 0) is 4.79 Å². The van der Waals surface area contributed by atoms with Gasteiger partial charge in [-0.05, 0) is 49.2 Å². The molecule has 2 rings (SSSR count). The fourth-order valence-electron chi connectivity index (χ4n) is 2.04. The molecule has 0 heterocycles. The lowest BCUT2D eigenvalue weighted by Crippen LogP contribution is -2.41. The first-order chi connectivity index (χ1) is 11.6. The number of amides is 2. The molecule has 2 aromatic carbocycles. The van der Waals surface area contributed by atoms with Crippen molar-refractivity contribution >= 4 is 23.4 Å². The van der Waals surface area contributed by atoms with E-state index in [1.807, 2.05) is 19.1 Å². The highest BCUT2D eigenvalue weighted by Gasteiger charge is 2.07. The maximum Gasteiger partial charge on any atom is 0.269 e. The standard InChI is InChI=1S/C18H19ClN2O3/c1-13-12-15(19)9-10-16(13)24-11-5-8-17(22)20-21-18(23)14-6-3-2-4-7-14/h2-4,6-7,9-10,12H,5,8,11H2,1H3,(H,20,22)(H,21,23). The van der Waals surface area contributed by atoms with E-state index in [4.69, 9.17) is 16.3 Å². The SMILES string of the molecule is Cc1cc(Cl)ccc1OCCCC(=O)NNC(=O)c1ccccc1. The van der Waals surface area contributed by atoms with Crippen LogP contribution in [-0.4, -0.2) is 18.4 Å². The van der Waals surface area contributed by atoms with Crippen molar-refractivity contribution in [1.29, 1.82) is 0 Å². The number of aryl methyl sites for hydroxylation is 1. The van der Waals surface area contributed by atoms with Crippen LogP contribution in [0.15, 0.2) is 48.5 Å². The van der Waals surface area contributed by atoms with E-state index in [1.54, 1.807) is 36.4 Å². The summed E-state index contributed by atoms with van der Waals surface area (Å²) < 4.78 is 5.61. The van der Waals surface area contributed by atoms with E-state index < -0.39 is 0 Å². The predicted octanol–water partition coefficient (Wildman–Crippen LogP) is 3.27. The smallest absolute Gasteiger partial charge is 0.269 e. The average Bonchev–Trinajstić information content (AvgIpc) is 2.59. The summed E-state index contributed by atoms with van der Waals surface area (Å²) in [7, 11) is 0. The lowest BCUT2D eigenvalue weighted by molar-refractivity contribution is -0.122. The second kappa shape index (κ2) is 8.93. The Balaban J connectivity index is 1.65. The van der Waals surface area contributed by atoms with Gasteiger partial charge in [0.1, 0.15) is 5.75 Å². The van der Waals surface area contributed by atoms with Crippen molar-refractivity contribution < 1.29 is 14.3 Å². The van der Waals surface area contributed by atoms with Gasteiger partial charge in [0.05, 0.1) is 6.61 Å². The fourth-order valence-corrected chi connectivity index (χ4v) is 2.27. The Kier molecular flexibility index (Phi) is 6.63. The van der Waals surface area contributed by atoms with E-state index in [1.165, 1.54) is 0 Å². The molecular formula is C18H19ClN2O3. The van der Waals surface area contributed by atoms with Crippen molar-refractivity contribution in [2.24, 2.45) is 0 Å². The molecule has 0 fully saturated rings. The molecule has 2 N–H and O–H groups in total. The van der Waals surface area contributed by atoms with E-state index in [0.717, 1.165) is 11.3 Å². The molecule has 0 saturated heterocycles. The summed E-state index contributed by atoms with van der Waals surface area (Å²) in [5.74, 6) is 0.130. The Morgan fingerprint density at radius 2 is 1.83 bits per heavy atom. The van der Waals surface area contributed by atoms with E-state index in [-0.39, 0.29) is 18.2 Å². The van der Waals surface area contributed by atoms with Gasteiger partial charge in [-0.1, -0.05) is 29.8 Å². The number of benzene rings is 2. The summed E-state index contributed by atoms with van der Waals surface area (Å²) in [6, 6.07) is 14.1. The predicted molar refractivity (Wildman–Crippen MR) is 93.0 cm³/mol. The summed E-state index contributed by atoms with van der Waals surface area (Å²) in [5.41, 5.74) is 6.20. The first kappa shape index (κ1) is 17.8. The third-order valence-electron chi connectivity index (χ3n) is 3.29. The molecule has 6 heteroatoms. The summed E-state index contributed by atoms with van der Waals surface area (Å²) in [6.07, 6.45) is 0.789. The van der Waals surface area contributed by atoms with Gasteiger partial charge < -0.3 is 4.74 Å². The number of carbonyl (C=O) groups is 2. The molecule has 0 unspecified atom stereocenters. The lowest BCUT2D eigenvalue weighted by Gasteiger charge is -2.10. The average molecular weight is 347 g/mol. The Labute approximate surface area is 145 Å². The van der Waals surface area contributed by atoms with Gasteiger partial charge >= 0.3 is 0 Å². The Bertz CT molecular complexity index is 705. The Hall–Kier alpha value is -2.53. The van der Waals surface area contributed by atoms with Crippen molar-refractivity contribution in [3.05, 3.63) is 64.7 Å². The molecule has 0 aliphatic heterocycles. The minimum atomic E-state index is -0.350. The second-order valence-corrected chi connectivity index (χ2v) is 5.67. The summed E-state index contributed by atoms with van der Waals surface area (Å²) in [6.45, 7) is 2.32. The third-order valence-corrected chi connectivity index (χ3v) is 3.53. The van der Waals surface area contributed by atoms with Gasteiger partial charge in [-0.2, -0.15) is 0 Å².